The van der Waals surface area contributed by atoms with E-state index in [9.17, 15) is 24.3 Å². The number of rotatable bonds is 13. The maximum atomic E-state index is 13.5. The average molecular weight is 741 g/mol. The van der Waals surface area contributed by atoms with Crippen LogP contribution >= 0.6 is 0 Å². The van der Waals surface area contributed by atoms with Gasteiger partial charge >= 0.3 is 0 Å². The predicted molar refractivity (Wildman–Crippen MR) is 214 cm³/mol. The number of anilines is 2. The van der Waals surface area contributed by atoms with E-state index in [0.29, 0.717) is 54.4 Å². The van der Waals surface area contributed by atoms with Gasteiger partial charge in [0.15, 0.2) is 5.60 Å². The molecule has 55 heavy (non-hydrogen) atoms. The summed E-state index contributed by atoms with van der Waals surface area (Å²) in [6.45, 7) is 7.78. The third kappa shape index (κ3) is 8.71. The minimum absolute atomic E-state index is 0.0422. The molecule has 1 aliphatic heterocycles. The van der Waals surface area contributed by atoms with Crippen molar-refractivity contribution < 1.29 is 28.7 Å². The van der Waals surface area contributed by atoms with Crippen LogP contribution < -0.4 is 10.6 Å². The van der Waals surface area contributed by atoms with Gasteiger partial charge in [0.2, 0.25) is 17.7 Å². The molecule has 0 saturated carbocycles. The third-order valence-corrected chi connectivity index (χ3v) is 10.3. The highest BCUT2D eigenvalue weighted by Gasteiger charge is 2.39. The van der Waals surface area contributed by atoms with E-state index in [0.717, 1.165) is 23.1 Å². The quantitative estimate of drug-likeness (QED) is 0.113. The molecule has 10 heteroatoms. The summed E-state index contributed by atoms with van der Waals surface area (Å²) in [7, 11) is 0. The van der Waals surface area contributed by atoms with Crippen LogP contribution in [0.25, 0.3) is 22.6 Å². The van der Waals surface area contributed by atoms with Crippen LogP contribution in [0.4, 0.5) is 11.4 Å². The molecule has 3 N–H and O–H groups in total. The average Bonchev–Trinajstić information content (AvgIpc) is 3.92. The zero-order valence-corrected chi connectivity index (χ0v) is 31.7. The van der Waals surface area contributed by atoms with Crippen LogP contribution in [0, 0.1) is 0 Å². The highest BCUT2D eigenvalue weighted by atomic mass is 16.3. The van der Waals surface area contributed by atoms with Gasteiger partial charge in [-0.05, 0) is 112 Å². The number of aliphatic hydroxyl groups is 1. The number of nitrogens with zero attached hydrogens (tertiary/aromatic N) is 2. The van der Waals surface area contributed by atoms with Crippen LogP contribution in [-0.4, -0.2) is 63.7 Å². The maximum Gasteiger partial charge on any atom is 0.259 e. The van der Waals surface area contributed by atoms with E-state index in [1.807, 2.05) is 98.8 Å². The fraction of sp³-hybridized carbons (Fsp3) is 0.289. The van der Waals surface area contributed by atoms with Crippen LogP contribution in [0.2, 0.25) is 0 Å². The number of benzene rings is 4. The van der Waals surface area contributed by atoms with E-state index in [4.69, 9.17) is 4.42 Å². The number of likely N-dealkylation sites (tertiary alicyclic amines) is 1. The Morgan fingerprint density at radius 1 is 0.800 bits per heavy atom. The molecule has 6 rings (SSSR count). The Bertz CT molecular complexity index is 2090. The molecule has 10 nitrogen and oxygen atoms in total. The predicted octanol–water partition coefficient (Wildman–Crippen LogP) is 7.82. The molecule has 4 amide bonds. The molecule has 1 fully saturated rings. The van der Waals surface area contributed by atoms with E-state index in [-0.39, 0.29) is 23.6 Å². The number of carbonyl (C=O) groups excluding carboxylic acids is 4. The lowest BCUT2D eigenvalue weighted by Crippen LogP contribution is -2.52. The van der Waals surface area contributed by atoms with Gasteiger partial charge in [-0.1, -0.05) is 67.6 Å². The summed E-state index contributed by atoms with van der Waals surface area (Å²) in [5.74, 6) is -0.193. The lowest BCUT2D eigenvalue weighted by atomic mass is 9.93. The number of amides is 4. The fourth-order valence-corrected chi connectivity index (χ4v) is 7.01. The van der Waals surface area contributed by atoms with Gasteiger partial charge in [0.1, 0.15) is 23.6 Å². The molecule has 0 radical (unpaired) electrons. The van der Waals surface area contributed by atoms with Gasteiger partial charge in [-0.3, -0.25) is 19.2 Å². The molecular formula is C45H48N4O6. The summed E-state index contributed by atoms with van der Waals surface area (Å²) >= 11 is 0. The van der Waals surface area contributed by atoms with Crippen LogP contribution in [0.3, 0.4) is 0 Å². The van der Waals surface area contributed by atoms with Crippen molar-refractivity contribution in [3.63, 3.8) is 0 Å². The van der Waals surface area contributed by atoms with Crippen LogP contribution in [-0.2, 0) is 24.8 Å². The molecular weight excluding hydrogens is 693 g/mol. The number of carbonyl (C=O) groups is 4. The summed E-state index contributed by atoms with van der Waals surface area (Å²) in [5.41, 5.74) is 2.43. The van der Waals surface area contributed by atoms with E-state index in [1.165, 1.54) is 11.8 Å². The minimum Gasteiger partial charge on any atom is -0.456 e. The van der Waals surface area contributed by atoms with E-state index >= 15 is 0 Å². The highest BCUT2D eigenvalue weighted by molar-refractivity contribution is 5.99. The van der Waals surface area contributed by atoms with Gasteiger partial charge in [-0.25, -0.2) is 0 Å². The van der Waals surface area contributed by atoms with Crippen molar-refractivity contribution in [2.75, 3.05) is 23.7 Å². The molecule has 4 atom stereocenters. The van der Waals surface area contributed by atoms with Crippen molar-refractivity contribution in [1.82, 2.24) is 9.80 Å². The standard InChI is InChI=1S/C45H48N4O6/c1-5-28-48(44(53)45(4,54)35-15-10-7-11-16-35)31(3)41(50)46-36-22-18-33(19-23-36)39-26-27-40(55-39)34-20-24-37(25-21-34)47-42(51)38-17-12-29-49(38)43(52)30(2)32-13-8-6-9-14-32/h6-11,13-16,18-27,30-31,38,54H,5,12,17,28-29H2,1-4H3,(H,46,50)(H,47,51). The lowest BCUT2D eigenvalue weighted by molar-refractivity contribution is -0.155. The molecule has 5 aromatic rings. The Kier molecular flexibility index (Phi) is 12.0. The first-order valence-corrected chi connectivity index (χ1v) is 18.8. The molecule has 1 saturated heterocycles. The number of hydrogen-bond acceptors (Lipinski definition) is 6. The summed E-state index contributed by atoms with van der Waals surface area (Å²) in [6.07, 6.45) is 2.02. The minimum atomic E-state index is -1.78. The van der Waals surface area contributed by atoms with Gasteiger partial charge in [0.25, 0.3) is 5.91 Å². The summed E-state index contributed by atoms with van der Waals surface area (Å²) < 4.78 is 6.18. The summed E-state index contributed by atoms with van der Waals surface area (Å²) in [5, 5.41) is 17.1. The molecule has 2 heterocycles. The van der Waals surface area contributed by atoms with Gasteiger partial charge in [-0.2, -0.15) is 0 Å². The molecule has 0 spiro atoms. The van der Waals surface area contributed by atoms with Crippen molar-refractivity contribution in [2.45, 2.75) is 70.6 Å². The van der Waals surface area contributed by atoms with Crippen molar-refractivity contribution in [3.05, 3.63) is 132 Å². The number of furan rings is 1. The molecule has 1 aromatic heterocycles. The topological polar surface area (TPSA) is 132 Å². The van der Waals surface area contributed by atoms with Crippen LogP contribution in [0.1, 0.15) is 64.0 Å². The molecule has 0 aliphatic carbocycles. The maximum absolute atomic E-state index is 13.5. The smallest absolute Gasteiger partial charge is 0.259 e. The second-order valence-corrected chi connectivity index (χ2v) is 14.2. The third-order valence-electron chi connectivity index (χ3n) is 10.3. The van der Waals surface area contributed by atoms with E-state index in [2.05, 4.69) is 10.6 Å². The van der Waals surface area contributed by atoms with E-state index in [1.54, 1.807) is 48.2 Å². The SMILES string of the molecule is CCCN(C(=O)C(C)(O)c1ccccc1)C(C)C(=O)Nc1ccc(-c2ccc(-c3ccc(NC(=O)C4CCCN4C(=O)C(C)c4ccccc4)cc3)o2)cc1. The Balaban J connectivity index is 1.05. The van der Waals surface area contributed by atoms with Crippen molar-refractivity contribution in [2.24, 2.45) is 0 Å². The molecule has 4 aromatic carbocycles. The normalized spacial score (nSPS) is 16.1. The first-order valence-electron chi connectivity index (χ1n) is 18.8. The first-order chi connectivity index (χ1) is 26.5. The van der Waals surface area contributed by atoms with Crippen molar-refractivity contribution in [1.29, 1.82) is 0 Å². The first kappa shape index (κ1) is 38.7. The van der Waals surface area contributed by atoms with Gasteiger partial charge in [0, 0.05) is 35.6 Å². The van der Waals surface area contributed by atoms with Crippen LogP contribution in [0.5, 0.6) is 0 Å². The Labute approximate surface area is 322 Å². The monoisotopic (exact) mass is 740 g/mol. The number of hydrogen-bond donors (Lipinski definition) is 3. The second kappa shape index (κ2) is 17.0. The van der Waals surface area contributed by atoms with Gasteiger partial charge < -0.3 is 30.0 Å². The largest absolute Gasteiger partial charge is 0.456 e. The van der Waals surface area contributed by atoms with E-state index < -0.39 is 23.6 Å². The molecule has 0 bridgehead atoms. The summed E-state index contributed by atoms with van der Waals surface area (Å²) in [4.78, 5) is 56.6. The van der Waals surface area contributed by atoms with Gasteiger partial charge in [-0.15, -0.1) is 0 Å². The van der Waals surface area contributed by atoms with Gasteiger partial charge in [0.05, 0.1) is 5.92 Å². The fourth-order valence-electron chi connectivity index (χ4n) is 7.01. The van der Waals surface area contributed by atoms with Crippen LogP contribution in [0.15, 0.2) is 126 Å². The molecule has 284 valence electrons. The summed E-state index contributed by atoms with van der Waals surface area (Å²) in [6, 6.07) is 35.4. The molecule has 4 unspecified atom stereocenters. The zero-order chi connectivity index (χ0) is 39.1. The second-order valence-electron chi connectivity index (χ2n) is 14.2. The lowest BCUT2D eigenvalue weighted by Gasteiger charge is -2.34. The number of nitrogens with one attached hydrogen (secondary N) is 2. The Hall–Kier alpha value is -6.00. The Morgan fingerprint density at radius 3 is 1.91 bits per heavy atom. The zero-order valence-electron chi connectivity index (χ0n) is 31.7. The Morgan fingerprint density at radius 2 is 1.35 bits per heavy atom. The van der Waals surface area contributed by atoms with Crippen molar-refractivity contribution in [3.8, 4) is 22.6 Å². The highest BCUT2D eigenvalue weighted by Crippen LogP contribution is 2.31. The van der Waals surface area contributed by atoms with Crippen molar-refractivity contribution >= 4 is 35.0 Å². The molecule has 1 aliphatic rings.